The van der Waals surface area contributed by atoms with Crippen LogP contribution in [0.1, 0.15) is 51.4 Å². The van der Waals surface area contributed by atoms with E-state index in [0.717, 1.165) is 51.3 Å². The molecule has 1 aliphatic heterocycles. The number of guanidine groups is 1. The molecule has 0 amide bonds. The highest BCUT2D eigenvalue weighted by Gasteiger charge is 2.20. The number of hydrogen-bond acceptors (Lipinski definition) is 2. The third-order valence-corrected chi connectivity index (χ3v) is 4.47. The Balaban J connectivity index is 0.00000200. The molecule has 1 saturated carbocycles. The minimum absolute atomic E-state index is 0. The fourth-order valence-electron chi connectivity index (χ4n) is 3.10. The minimum atomic E-state index is 0. The molecule has 2 aliphatic rings. The summed E-state index contributed by atoms with van der Waals surface area (Å²) in [5.41, 5.74) is 6.11. The van der Waals surface area contributed by atoms with Crippen molar-refractivity contribution in [1.82, 2.24) is 4.90 Å². The van der Waals surface area contributed by atoms with Crippen LogP contribution in [-0.2, 0) is 0 Å². The van der Waals surface area contributed by atoms with Crippen LogP contribution in [0.15, 0.2) is 4.99 Å². The van der Waals surface area contributed by atoms with Crippen molar-refractivity contribution in [2.45, 2.75) is 51.4 Å². The Morgan fingerprint density at radius 1 is 1.10 bits per heavy atom. The monoisotopic (exact) mass is 390 g/mol. The van der Waals surface area contributed by atoms with Crippen LogP contribution in [0.5, 0.6) is 0 Å². The molecule has 5 heteroatoms. The van der Waals surface area contributed by atoms with Crippen molar-refractivity contribution in [2.75, 3.05) is 19.6 Å². The lowest BCUT2D eigenvalue weighted by molar-refractivity contribution is 0.320. The Labute approximate surface area is 139 Å². The van der Waals surface area contributed by atoms with E-state index < -0.39 is 0 Å². The lowest BCUT2D eigenvalue weighted by atomic mass is 9.83. The highest BCUT2D eigenvalue weighted by atomic mass is 127. The van der Waals surface area contributed by atoms with Crippen LogP contribution in [-0.4, -0.2) is 30.5 Å². The molecule has 114 valence electrons. The number of hydrogen-bond donors (Lipinski definition) is 1. The number of aliphatic imine (C=N–C) groups is 1. The van der Waals surface area contributed by atoms with Crippen molar-refractivity contribution in [1.29, 1.82) is 5.26 Å². The van der Waals surface area contributed by atoms with E-state index >= 15 is 0 Å². The lowest BCUT2D eigenvalue weighted by Gasteiger charge is -2.25. The van der Waals surface area contributed by atoms with E-state index in [4.69, 9.17) is 11.0 Å². The van der Waals surface area contributed by atoms with E-state index in [1.807, 2.05) is 0 Å². The molecule has 4 nitrogen and oxygen atoms in total. The van der Waals surface area contributed by atoms with E-state index in [2.05, 4.69) is 16.0 Å². The van der Waals surface area contributed by atoms with Gasteiger partial charge in [0, 0.05) is 25.6 Å². The van der Waals surface area contributed by atoms with Gasteiger partial charge in [0.05, 0.1) is 6.07 Å². The van der Waals surface area contributed by atoms with Gasteiger partial charge in [0.1, 0.15) is 0 Å². The first-order valence-electron chi connectivity index (χ1n) is 7.74. The molecule has 0 aromatic heterocycles. The van der Waals surface area contributed by atoms with Crippen molar-refractivity contribution < 1.29 is 0 Å². The molecular formula is C15H27IN4. The van der Waals surface area contributed by atoms with Gasteiger partial charge in [-0.25, -0.2) is 0 Å². The highest BCUT2D eigenvalue weighted by molar-refractivity contribution is 14.0. The summed E-state index contributed by atoms with van der Waals surface area (Å²) in [5, 5.41) is 8.89. The molecule has 2 N–H and O–H groups in total. The summed E-state index contributed by atoms with van der Waals surface area (Å²) < 4.78 is 0. The molecule has 1 saturated heterocycles. The number of nitrogens with two attached hydrogens (primary N) is 1. The fourth-order valence-corrected chi connectivity index (χ4v) is 3.10. The second-order valence-electron chi connectivity index (χ2n) is 5.95. The van der Waals surface area contributed by atoms with Gasteiger partial charge < -0.3 is 10.6 Å². The summed E-state index contributed by atoms with van der Waals surface area (Å²) in [7, 11) is 0. The first-order chi connectivity index (χ1) is 9.29. The molecule has 0 atom stereocenters. The third-order valence-electron chi connectivity index (χ3n) is 4.47. The standard InChI is InChI=1S/C15H26N4.HI/c16-11-13-5-7-14(8-6-13)12-18-15(17)19-9-3-1-2-4-10-19;/h13-14H,1-10,12H2,(H2,17,18);1H. The Kier molecular flexibility index (Phi) is 8.27. The van der Waals surface area contributed by atoms with Crippen LogP contribution in [0.25, 0.3) is 0 Å². The predicted octanol–water partition coefficient (Wildman–Crippen LogP) is 3.13. The van der Waals surface area contributed by atoms with Gasteiger partial charge in [0.2, 0.25) is 0 Å². The normalized spacial score (nSPS) is 28.1. The van der Waals surface area contributed by atoms with Crippen LogP contribution in [0.2, 0.25) is 0 Å². The molecule has 2 rings (SSSR count). The lowest BCUT2D eigenvalue weighted by Crippen LogP contribution is -2.38. The van der Waals surface area contributed by atoms with Crippen molar-refractivity contribution >= 4 is 29.9 Å². The summed E-state index contributed by atoms with van der Waals surface area (Å²) in [6, 6.07) is 2.38. The summed E-state index contributed by atoms with van der Waals surface area (Å²) >= 11 is 0. The van der Waals surface area contributed by atoms with Crippen molar-refractivity contribution in [3.63, 3.8) is 0 Å². The molecule has 1 aliphatic carbocycles. The zero-order valence-corrected chi connectivity index (χ0v) is 14.6. The molecule has 0 bridgehead atoms. The smallest absolute Gasteiger partial charge is 0.191 e. The molecule has 20 heavy (non-hydrogen) atoms. The Morgan fingerprint density at radius 2 is 1.70 bits per heavy atom. The van der Waals surface area contributed by atoms with Gasteiger partial charge in [-0.05, 0) is 44.4 Å². The van der Waals surface area contributed by atoms with E-state index in [1.54, 1.807) is 0 Å². The van der Waals surface area contributed by atoms with Crippen molar-refractivity contribution in [3.05, 3.63) is 0 Å². The number of nitrogens with zero attached hydrogens (tertiary/aromatic N) is 3. The summed E-state index contributed by atoms with van der Waals surface area (Å²) in [6.45, 7) is 2.98. The van der Waals surface area contributed by atoms with Gasteiger partial charge in [-0.15, -0.1) is 24.0 Å². The average Bonchev–Trinajstić information content (AvgIpc) is 2.74. The molecule has 0 radical (unpaired) electrons. The fraction of sp³-hybridized carbons (Fsp3) is 0.867. The van der Waals surface area contributed by atoms with E-state index in [-0.39, 0.29) is 29.9 Å². The van der Waals surface area contributed by atoms with E-state index in [9.17, 15) is 0 Å². The summed E-state index contributed by atoms with van der Waals surface area (Å²) in [6.07, 6.45) is 9.47. The molecule has 0 aromatic carbocycles. The minimum Gasteiger partial charge on any atom is -0.370 e. The molecular weight excluding hydrogens is 363 g/mol. The molecule has 1 heterocycles. The van der Waals surface area contributed by atoms with Crippen LogP contribution in [0.4, 0.5) is 0 Å². The quantitative estimate of drug-likeness (QED) is 0.448. The first-order valence-corrected chi connectivity index (χ1v) is 7.74. The van der Waals surface area contributed by atoms with Crippen LogP contribution in [0, 0.1) is 23.2 Å². The highest BCUT2D eigenvalue weighted by Crippen LogP contribution is 2.28. The largest absolute Gasteiger partial charge is 0.370 e. The van der Waals surface area contributed by atoms with Crippen LogP contribution < -0.4 is 5.73 Å². The zero-order chi connectivity index (χ0) is 13.5. The zero-order valence-electron chi connectivity index (χ0n) is 12.3. The Hall–Kier alpha value is -0.510. The van der Waals surface area contributed by atoms with Crippen molar-refractivity contribution in [3.8, 4) is 6.07 Å². The molecule has 0 aromatic rings. The number of nitriles is 1. The summed E-state index contributed by atoms with van der Waals surface area (Å²) in [5.74, 6) is 1.66. The molecule has 0 unspecified atom stereocenters. The van der Waals surface area contributed by atoms with Gasteiger partial charge in [-0.3, -0.25) is 4.99 Å². The SMILES string of the molecule is I.N#CC1CCC(CN=C(N)N2CCCCCC2)CC1. The number of rotatable bonds is 2. The maximum Gasteiger partial charge on any atom is 0.191 e. The van der Waals surface area contributed by atoms with Gasteiger partial charge in [0.25, 0.3) is 0 Å². The number of halogens is 1. The van der Waals surface area contributed by atoms with E-state index in [0.29, 0.717) is 5.92 Å². The topological polar surface area (TPSA) is 65.4 Å². The maximum absolute atomic E-state index is 8.89. The number of likely N-dealkylation sites (tertiary alicyclic amines) is 1. The molecule has 0 spiro atoms. The average molecular weight is 390 g/mol. The van der Waals surface area contributed by atoms with Crippen molar-refractivity contribution in [2.24, 2.45) is 22.6 Å². The van der Waals surface area contributed by atoms with Gasteiger partial charge in [-0.2, -0.15) is 5.26 Å². The van der Waals surface area contributed by atoms with Gasteiger partial charge in [0.15, 0.2) is 5.96 Å². The van der Waals surface area contributed by atoms with Gasteiger partial charge >= 0.3 is 0 Å². The second-order valence-corrected chi connectivity index (χ2v) is 5.95. The van der Waals surface area contributed by atoms with Crippen LogP contribution in [0.3, 0.4) is 0 Å². The van der Waals surface area contributed by atoms with Gasteiger partial charge in [-0.1, -0.05) is 12.8 Å². The maximum atomic E-state index is 8.89. The summed E-state index contributed by atoms with van der Waals surface area (Å²) in [4.78, 5) is 6.85. The second kappa shape index (κ2) is 9.43. The van der Waals surface area contributed by atoms with Crippen LogP contribution >= 0.6 is 24.0 Å². The van der Waals surface area contributed by atoms with E-state index in [1.165, 1.54) is 25.7 Å². The Morgan fingerprint density at radius 3 is 2.25 bits per heavy atom. The molecule has 2 fully saturated rings. The Bertz CT molecular complexity index is 334. The first kappa shape index (κ1) is 17.5. The predicted molar refractivity (Wildman–Crippen MR) is 93.0 cm³/mol. The third kappa shape index (κ3) is 5.47.